The first-order chi connectivity index (χ1) is 9.29. The number of rotatable bonds is 2. The fourth-order valence-corrected chi connectivity index (χ4v) is 2.97. The van der Waals surface area contributed by atoms with Crippen molar-refractivity contribution in [3.8, 4) is 5.75 Å². The van der Waals surface area contributed by atoms with Crippen LogP contribution in [0, 0.1) is 6.92 Å². The predicted octanol–water partition coefficient (Wildman–Crippen LogP) is 0.418. The summed E-state index contributed by atoms with van der Waals surface area (Å²) in [6.07, 6.45) is 1.17. The average molecular weight is 298 g/mol. The molecule has 1 fully saturated rings. The molecule has 2 rings (SSSR count). The number of carbonyl (C=O) groups is 1. The van der Waals surface area contributed by atoms with Crippen molar-refractivity contribution in [3.63, 3.8) is 0 Å². The Balaban J connectivity index is 2.07. The van der Waals surface area contributed by atoms with Gasteiger partial charge in [-0.3, -0.25) is 4.79 Å². The van der Waals surface area contributed by atoms with Gasteiger partial charge in [0, 0.05) is 31.7 Å². The molecule has 7 heteroatoms. The summed E-state index contributed by atoms with van der Waals surface area (Å²) in [5, 5.41) is 9.64. The molecule has 20 heavy (non-hydrogen) atoms. The van der Waals surface area contributed by atoms with Crippen LogP contribution in [0.15, 0.2) is 18.2 Å². The number of hydrogen-bond donors (Lipinski definition) is 1. The SMILES string of the molecule is Cc1ccc(C(=O)N2CCN(S(C)(=O)=O)CC2)cc1O. The van der Waals surface area contributed by atoms with E-state index in [1.54, 1.807) is 24.0 Å². The third-order valence-corrected chi connectivity index (χ3v) is 4.75. The van der Waals surface area contributed by atoms with Crippen LogP contribution in [0.2, 0.25) is 0 Å². The quantitative estimate of drug-likeness (QED) is 0.858. The van der Waals surface area contributed by atoms with E-state index in [-0.39, 0.29) is 11.7 Å². The van der Waals surface area contributed by atoms with E-state index in [2.05, 4.69) is 0 Å². The molecular formula is C13H18N2O4S. The number of amides is 1. The van der Waals surface area contributed by atoms with Crippen molar-refractivity contribution in [1.82, 2.24) is 9.21 Å². The summed E-state index contributed by atoms with van der Waals surface area (Å²) >= 11 is 0. The van der Waals surface area contributed by atoms with Crippen molar-refractivity contribution in [2.24, 2.45) is 0 Å². The highest BCUT2D eigenvalue weighted by atomic mass is 32.2. The first-order valence-electron chi connectivity index (χ1n) is 6.33. The molecule has 1 N–H and O–H groups in total. The number of hydrogen-bond acceptors (Lipinski definition) is 4. The van der Waals surface area contributed by atoms with E-state index >= 15 is 0 Å². The Morgan fingerprint density at radius 2 is 1.80 bits per heavy atom. The molecule has 0 bridgehead atoms. The van der Waals surface area contributed by atoms with Crippen LogP contribution in [0.3, 0.4) is 0 Å². The summed E-state index contributed by atoms with van der Waals surface area (Å²) in [5.74, 6) is -0.0981. The topological polar surface area (TPSA) is 77.9 Å². The second kappa shape index (κ2) is 5.41. The van der Waals surface area contributed by atoms with Gasteiger partial charge >= 0.3 is 0 Å². The fourth-order valence-electron chi connectivity index (χ4n) is 2.15. The number of carbonyl (C=O) groups excluding carboxylic acids is 1. The number of nitrogens with zero attached hydrogens (tertiary/aromatic N) is 2. The molecule has 0 aliphatic carbocycles. The number of aryl methyl sites for hydroxylation is 1. The van der Waals surface area contributed by atoms with Crippen LogP contribution < -0.4 is 0 Å². The summed E-state index contributed by atoms with van der Waals surface area (Å²) < 4.78 is 24.2. The summed E-state index contributed by atoms with van der Waals surface area (Å²) in [4.78, 5) is 13.9. The second-order valence-electron chi connectivity index (χ2n) is 4.96. The average Bonchev–Trinajstić information content (AvgIpc) is 2.40. The Hall–Kier alpha value is -1.60. The molecule has 1 aromatic rings. The van der Waals surface area contributed by atoms with Crippen LogP contribution in [-0.4, -0.2) is 61.1 Å². The third kappa shape index (κ3) is 3.10. The van der Waals surface area contributed by atoms with Gasteiger partial charge in [0.15, 0.2) is 0 Å². The summed E-state index contributed by atoms with van der Waals surface area (Å²) in [6.45, 7) is 3.10. The van der Waals surface area contributed by atoms with E-state index in [1.165, 1.54) is 16.6 Å². The van der Waals surface area contributed by atoms with Gasteiger partial charge in [-0.1, -0.05) is 6.07 Å². The van der Waals surface area contributed by atoms with Gasteiger partial charge in [-0.15, -0.1) is 0 Å². The van der Waals surface area contributed by atoms with Crippen molar-refractivity contribution < 1.29 is 18.3 Å². The van der Waals surface area contributed by atoms with Gasteiger partial charge in [0.1, 0.15) is 5.75 Å². The first-order valence-corrected chi connectivity index (χ1v) is 8.18. The summed E-state index contributed by atoms with van der Waals surface area (Å²) in [6, 6.07) is 4.80. The van der Waals surface area contributed by atoms with Crippen LogP contribution in [0.1, 0.15) is 15.9 Å². The monoisotopic (exact) mass is 298 g/mol. The number of benzene rings is 1. The molecular weight excluding hydrogens is 280 g/mol. The smallest absolute Gasteiger partial charge is 0.254 e. The molecule has 1 amide bonds. The van der Waals surface area contributed by atoms with Crippen molar-refractivity contribution in [1.29, 1.82) is 0 Å². The van der Waals surface area contributed by atoms with Gasteiger partial charge in [-0.25, -0.2) is 8.42 Å². The maximum absolute atomic E-state index is 12.3. The summed E-state index contributed by atoms with van der Waals surface area (Å²) in [5.41, 5.74) is 1.13. The minimum Gasteiger partial charge on any atom is -0.508 e. The van der Waals surface area contributed by atoms with Crippen LogP contribution in [0.4, 0.5) is 0 Å². The summed E-state index contributed by atoms with van der Waals surface area (Å²) in [7, 11) is -3.20. The van der Waals surface area contributed by atoms with E-state index in [9.17, 15) is 18.3 Å². The van der Waals surface area contributed by atoms with Gasteiger partial charge in [0.25, 0.3) is 5.91 Å². The zero-order valence-corrected chi connectivity index (χ0v) is 12.4. The lowest BCUT2D eigenvalue weighted by atomic mass is 10.1. The zero-order valence-electron chi connectivity index (χ0n) is 11.5. The molecule has 1 saturated heterocycles. The van der Waals surface area contributed by atoms with Gasteiger partial charge in [-0.2, -0.15) is 4.31 Å². The van der Waals surface area contributed by atoms with Crippen molar-refractivity contribution >= 4 is 15.9 Å². The maximum Gasteiger partial charge on any atom is 0.254 e. The Morgan fingerprint density at radius 1 is 1.20 bits per heavy atom. The normalized spacial score (nSPS) is 17.2. The van der Waals surface area contributed by atoms with E-state index < -0.39 is 10.0 Å². The molecule has 1 aliphatic heterocycles. The molecule has 110 valence electrons. The third-order valence-electron chi connectivity index (χ3n) is 3.45. The van der Waals surface area contributed by atoms with Crippen LogP contribution in [0.25, 0.3) is 0 Å². The van der Waals surface area contributed by atoms with Gasteiger partial charge in [0.05, 0.1) is 6.26 Å². The first kappa shape index (κ1) is 14.8. The van der Waals surface area contributed by atoms with Crippen molar-refractivity contribution in [2.45, 2.75) is 6.92 Å². The van der Waals surface area contributed by atoms with Gasteiger partial charge in [0.2, 0.25) is 10.0 Å². The second-order valence-corrected chi connectivity index (χ2v) is 6.94. The standard InChI is InChI=1S/C13H18N2O4S/c1-10-3-4-11(9-12(10)16)13(17)14-5-7-15(8-6-14)20(2,18)19/h3-4,9,16H,5-8H2,1-2H3. The number of aromatic hydroxyl groups is 1. The number of phenolic OH excluding ortho intramolecular Hbond substituents is 1. The molecule has 6 nitrogen and oxygen atoms in total. The van der Waals surface area contributed by atoms with Gasteiger partial charge in [-0.05, 0) is 24.6 Å². The molecule has 0 aromatic heterocycles. The fraction of sp³-hybridized carbons (Fsp3) is 0.462. The number of piperazine rings is 1. The molecule has 0 unspecified atom stereocenters. The Kier molecular flexibility index (Phi) is 4.01. The highest BCUT2D eigenvalue weighted by molar-refractivity contribution is 7.88. The maximum atomic E-state index is 12.3. The van der Waals surface area contributed by atoms with E-state index in [0.717, 1.165) is 0 Å². The minimum absolute atomic E-state index is 0.0885. The molecule has 0 atom stereocenters. The largest absolute Gasteiger partial charge is 0.508 e. The van der Waals surface area contributed by atoms with Gasteiger partial charge < -0.3 is 10.0 Å². The molecule has 1 aliphatic rings. The molecule has 0 saturated carbocycles. The highest BCUT2D eigenvalue weighted by Crippen LogP contribution is 2.19. The predicted molar refractivity (Wildman–Crippen MR) is 75.2 cm³/mol. The zero-order chi connectivity index (χ0) is 14.9. The Morgan fingerprint density at radius 3 is 2.30 bits per heavy atom. The van der Waals surface area contributed by atoms with E-state index in [1.807, 2.05) is 0 Å². The van der Waals surface area contributed by atoms with E-state index in [4.69, 9.17) is 0 Å². The lowest BCUT2D eigenvalue weighted by Crippen LogP contribution is -2.50. The Labute approximate surface area is 118 Å². The Bertz CT molecular complexity index is 619. The van der Waals surface area contributed by atoms with Crippen molar-refractivity contribution in [3.05, 3.63) is 29.3 Å². The van der Waals surface area contributed by atoms with Crippen molar-refractivity contribution in [2.75, 3.05) is 32.4 Å². The molecule has 0 spiro atoms. The van der Waals surface area contributed by atoms with E-state index in [0.29, 0.717) is 37.3 Å². The van der Waals surface area contributed by atoms with Crippen LogP contribution in [-0.2, 0) is 10.0 Å². The van der Waals surface area contributed by atoms with Crippen LogP contribution in [0.5, 0.6) is 5.75 Å². The number of sulfonamides is 1. The lowest BCUT2D eigenvalue weighted by molar-refractivity contribution is 0.0698. The van der Waals surface area contributed by atoms with Crippen LogP contribution >= 0.6 is 0 Å². The molecule has 0 radical (unpaired) electrons. The molecule has 1 heterocycles. The lowest BCUT2D eigenvalue weighted by Gasteiger charge is -2.33. The number of phenols is 1. The highest BCUT2D eigenvalue weighted by Gasteiger charge is 2.26. The minimum atomic E-state index is -3.20. The molecule has 1 aromatic carbocycles.